The van der Waals surface area contributed by atoms with E-state index in [1.165, 1.54) is 0 Å². The quantitative estimate of drug-likeness (QED) is 0.855. The third-order valence-corrected chi connectivity index (χ3v) is 4.72. The van der Waals surface area contributed by atoms with E-state index in [0.717, 1.165) is 43.1 Å². The lowest BCUT2D eigenvalue weighted by Gasteiger charge is -2.37. The molecule has 1 aliphatic heterocycles. The molecular weight excluding hydrogens is 304 g/mol. The molecule has 1 fully saturated rings. The van der Waals surface area contributed by atoms with Crippen LogP contribution in [-0.4, -0.2) is 56.5 Å². The van der Waals surface area contributed by atoms with Crippen LogP contribution in [0, 0.1) is 13.8 Å². The summed E-state index contributed by atoms with van der Waals surface area (Å²) in [6, 6.07) is 0.238. The Balaban J connectivity index is 1.65. The van der Waals surface area contributed by atoms with Gasteiger partial charge >= 0.3 is 0 Å². The van der Waals surface area contributed by atoms with E-state index in [9.17, 15) is 4.79 Å². The first kappa shape index (κ1) is 16.4. The van der Waals surface area contributed by atoms with Crippen molar-refractivity contribution in [3.63, 3.8) is 0 Å². The topological polar surface area (TPSA) is 67.2 Å². The van der Waals surface area contributed by atoms with Crippen LogP contribution >= 0.6 is 0 Å². The molecule has 1 saturated heterocycles. The van der Waals surface area contributed by atoms with Crippen LogP contribution in [0.5, 0.6) is 0 Å². The summed E-state index contributed by atoms with van der Waals surface area (Å²) in [6.07, 6.45) is 6.93. The number of rotatable bonds is 3. The van der Waals surface area contributed by atoms with Crippen LogP contribution in [0.15, 0.2) is 18.7 Å². The molecular formula is C17H24N6O. The molecule has 1 aliphatic rings. The van der Waals surface area contributed by atoms with E-state index in [-0.39, 0.29) is 11.9 Å². The molecule has 0 unspecified atom stereocenters. The molecule has 0 saturated carbocycles. The lowest BCUT2D eigenvalue weighted by molar-refractivity contribution is 0.0699. The fourth-order valence-electron chi connectivity index (χ4n) is 3.20. The highest BCUT2D eigenvalue weighted by atomic mass is 16.2. The second kappa shape index (κ2) is 6.59. The number of hydrogen-bond donors (Lipinski definition) is 0. The summed E-state index contributed by atoms with van der Waals surface area (Å²) in [7, 11) is 3.73. The molecule has 0 radical (unpaired) electrons. The fourth-order valence-corrected chi connectivity index (χ4v) is 3.20. The van der Waals surface area contributed by atoms with Gasteiger partial charge in [-0.2, -0.15) is 0 Å². The molecule has 7 heteroatoms. The molecule has 3 heterocycles. The minimum absolute atomic E-state index is 0.0278. The van der Waals surface area contributed by atoms with Gasteiger partial charge in [-0.3, -0.25) is 9.78 Å². The smallest absolute Gasteiger partial charge is 0.272 e. The minimum Gasteiger partial charge on any atom is -0.355 e. The molecule has 0 atom stereocenters. The van der Waals surface area contributed by atoms with Crippen LogP contribution < -0.4 is 4.90 Å². The Morgan fingerprint density at radius 3 is 2.58 bits per heavy atom. The van der Waals surface area contributed by atoms with E-state index in [0.29, 0.717) is 5.69 Å². The molecule has 1 amide bonds. The molecule has 0 aromatic carbocycles. The fraction of sp³-hybridized carbons (Fsp3) is 0.529. The third-order valence-electron chi connectivity index (χ3n) is 4.72. The monoisotopic (exact) mass is 328 g/mol. The van der Waals surface area contributed by atoms with E-state index in [2.05, 4.69) is 19.9 Å². The molecule has 0 spiro atoms. The van der Waals surface area contributed by atoms with Crippen molar-refractivity contribution >= 4 is 11.7 Å². The average Bonchev–Trinajstić information content (AvgIpc) is 3.02. The zero-order chi connectivity index (χ0) is 17.3. The summed E-state index contributed by atoms with van der Waals surface area (Å²) in [4.78, 5) is 29.8. The summed E-state index contributed by atoms with van der Waals surface area (Å²) in [5.41, 5.74) is 2.51. The summed E-state index contributed by atoms with van der Waals surface area (Å²) in [6.45, 7) is 5.72. The van der Waals surface area contributed by atoms with Crippen molar-refractivity contribution in [3.8, 4) is 0 Å². The van der Waals surface area contributed by atoms with Crippen molar-refractivity contribution in [1.82, 2.24) is 24.4 Å². The first-order valence-electron chi connectivity index (χ1n) is 8.26. The molecule has 24 heavy (non-hydrogen) atoms. The number of carbonyl (C=O) groups excluding carboxylic acids is 1. The SMILES string of the molecule is Cc1cnc(C)c(N2CCC(N(C)C(=O)c3cncn3C)CC2)n1. The number of aryl methyl sites for hydroxylation is 3. The molecule has 0 aliphatic carbocycles. The second-order valence-corrected chi connectivity index (χ2v) is 6.44. The third kappa shape index (κ3) is 3.11. The first-order valence-corrected chi connectivity index (χ1v) is 8.26. The molecule has 0 bridgehead atoms. The van der Waals surface area contributed by atoms with Crippen molar-refractivity contribution in [1.29, 1.82) is 0 Å². The van der Waals surface area contributed by atoms with Gasteiger partial charge in [-0.05, 0) is 26.7 Å². The van der Waals surface area contributed by atoms with Crippen molar-refractivity contribution in [2.45, 2.75) is 32.7 Å². The predicted octanol–water partition coefficient (Wildman–Crippen LogP) is 1.57. The number of hydrogen-bond acceptors (Lipinski definition) is 5. The van der Waals surface area contributed by atoms with Gasteiger partial charge < -0.3 is 14.4 Å². The largest absolute Gasteiger partial charge is 0.355 e. The van der Waals surface area contributed by atoms with Gasteiger partial charge in [0.1, 0.15) is 11.5 Å². The van der Waals surface area contributed by atoms with Gasteiger partial charge in [-0.1, -0.05) is 0 Å². The number of aromatic nitrogens is 4. The van der Waals surface area contributed by atoms with Crippen LogP contribution in [0.4, 0.5) is 5.82 Å². The second-order valence-electron chi connectivity index (χ2n) is 6.44. The lowest BCUT2D eigenvalue weighted by atomic mass is 10.0. The highest BCUT2D eigenvalue weighted by molar-refractivity contribution is 5.92. The van der Waals surface area contributed by atoms with Crippen molar-refractivity contribution in [2.24, 2.45) is 7.05 Å². The van der Waals surface area contributed by atoms with Crippen LogP contribution in [-0.2, 0) is 7.05 Å². The zero-order valence-electron chi connectivity index (χ0n) is 14.7. The standard InChI is InChI=1S/C17H24N6O/c1-12-9-19-13(2)16(20-12)23-7-5-14(6-8-23)22(4)17(24)15-10-18-11-21(15)3/h9-11,14H,5-8H2,1-4H3. The van der Waals surface area contributed by atoms with Crippen LogP contribution in [0.1, 0.15) is 34.7 Å². The number of piperidine rings is 1. The Morgan fingerprint density at radius 2 is 1.96 bits per heavy atom. The maximum absolute atomic E-state index is 12.6. The normalized spacial score (nSPS) is 15.6. The summed E-state index contributed by atoms with van der Waals surface area (Å²) < 4.78 is 1.76. The van der Waals surface area contributed by atoms with Gasteiger partial charge in [0.25, 0.3) is 5.91 Å². The maximum Gasteiger partial charge on any atom is 0.272 e. The van der Waals surface area contributed by atoms with Gasteiger partial charge in [0.2, 0.25) is 0 Å². The Hall–Kier alpha value is -2.44. The van der Waals surface area contributed by atoms with E-state index in [4.69, 9.17) is 0 Å². The van der Waals surface area contributed by atoms with Crippen molar-refractivity contribution < 1.29 is 4.79 Å². The molecule has 128 valence electrons. The number of anilines is 1. The Kier molecular flexibility index (Phi) is 4.51. The number of amides is 1. The molecule has 2 aromatic rings. The minimum atomic E-state index is 0.0278. The van der Waals surface area contributed by atoms with Crippen molar-refractivity contribution in [2.75, 3.05) is 25.0 Å². The number of imidazole rings is 1. The maximum atomic E-state index is 12.6. The molecule has 3 rings (SSSR count). The van der Waals surface area contributed by atoms with Gasteiger partial charge in [0.15, 0.2) is 0 Å². The summed E-state index contributed by atoms with van der Waals surface area (Å²) in [5, 5.41) is 0. The molecule has 2 aromatic heterocycles. The van der Waals surface area contributed by atoms with Crippen molar-refractivity contribution in [3.05, 3.63) is 35.8 Å². The van der Waals surface area contributed by atoms with E-state index in [1.54, 1.807) is 23.3 Å². The molecule has 7 nitrogen and oxygen atoms in total. The van der Waals surface area contributed by atoms with Crippen LogP contribution in [0.3, 0.4) is 0 Å². The highest BCUT2D eigenvalue weighted by Gasteiger charge is 2.28. The Labute approximate surface area is 142 Å². The van der Waals surface area contributed by atoms with Gasteiger partial charge in [0, 0.05) is 39.4 Å². The number of carbonyl (C=O) groups is 1. The highest BCUT2D eigenvalue weighted by Crippen LogP contribution is 2.23. The average molecular weight is 328 g/mol. The van der Waals surface area contributed by atoms with E-state index in [1.807, 2.05) is 32.8 Å². The van der Waals surface area contributed by atoms with E-state index < -0.39 is 0 Å². The van der Waals surface area contributed by atoms with Gasteiger partial charge in [-0.25, -0.2) is 9.97 Å². The lowest BCUT2D eigenvalue weighted by Crippen LogP contribution is -2.46. The molecule has 0 N–H and O–H groups in total. The Bertz CT molecular complexity index is 732. The Morgan fingerprint density at radius 1 is 1.25 bits per heavy atom. The van der Waals surface area contributed by atoms with Crippen LogP contribution in [0.2, 0.25) is 0 Å². The predicted molar refractivity (Wildman–Crippen MR) is 92.0 cm³/mol. The number of nitrogens with zero attached hydrogens (tertiary/aromatic N) is 6. The summed E-state index contributed by atoms with van der Waals surface area (Å²) in [5.74, 6) is 0.994. The summed E-state index contributed by atoms with van der Waals surface area (Å²) >= 11 is 0. The van der Waals surface area contributed by atoms with Gasteiger partial charge in [-0.15, -0.1) is 0 Å². The van der Waals surface area contributed by atoms with Gasteiger partial charge in [0.05, 0.1) is 23.9 Å². The zero-order valence-corrected chi connectivity index (χ0v) is 14.7. The van der Waals surface area contributed by atoms with E-state index >= 15 is 0 Å². The first-order chi connectivity index (χ1) is 11.5. The van der Waals surface area contributed by atoms with Crippen LogP contribution in [0.25, 0.3) is 0 Å².